The van der Waals surface area contributed by atoms with Gasteiger partial charge in [-0.3, -0.25) is 4.79 Å². The number of pyridine rings is 1. The molecule has 2 N–H and O–H groups in total. The van der Waals surface area contributed by atoms with Crippen molar-refractivity contribution in [3.8, 4) is 17.0 Å². The fraction of sp³-hybridized carbons (Fsp3) is 0.0769. The average molecular weight is 436 g/mol. The van der Waals surface area contributed by atoms with Crippen LogP contribution in [0.4, 0.5) is 0 Å². The molecule has 33 heavy (non-hydrogen) atoms. The summed E-state index contributed by atoms with van der Waals surface area (Å²) < 4.78 is 5.38. The highest BCUT2D eigenvalue weighted by Crippen LogP contribution is 2.36. The number of benzene rings is 3. The van der Waals surface area contributed by atoms with Gasteiger partial charge < -0.3 is 14.9 Å². The maximum absolute atomic E-state index is 13.6. The molecule has 0 saturated carbocycles. The molecule has 1 atom stereocenters. The molecule has 0 fully saturated rings. The Kier molecular flexibility index (Phi) is 5.28. The Balaban J connectivity index is 1.63. The van der Waals surface area contributed by atoms with Gasteiger partial charge in [0.1, 0.15) is 11.7 Å². The minimum absolute atomic E-state index is 0.136. The van der Waals surface area contributed by atoms with Crippen LogP contribution < -0.4 is 5.32 Å². The first-order valence-corrected chi connectivity index (χ1v) is 10.4. The highest BCUT2D eigenvalue weighted by Gasteiger charge is 2.27. The van der Waals surface area contributed by atoms with E-state index in [9.17, 15) is 9.90 Å². The summed E-state index contributed by atoms with van der Waals surface area (Å²) in [6.45, 7) is 1.71. The van der Waals surface area contributed by atoms with E-state index in [0.29, 0.717) is 28.0 Å². The number of nitrogens with one attached hydrogen (secondary N) is 1. The third kappa shape index (κ3) is 3.92. The number of aryl methyl sites for hydroxylation is 1. The van der Waals surface area contributed by atoms with Gasteiger partial charge in [-0.25, -0.2) is 4.98 Å². The van der Waals surface area contributed by atoms with E-state index in [1.165, 1.54) is 0 Å². The van der Waals surface area contributed by atoms with Crippen LogP contribution in [0, 0.1) is 6.92 Å². The van der Waals surface area contributed by atoms with Crippen molar-refractivity contribution in [1.29, 1.82) is 0 Å². The van der Waals surface area contributed by atoms with Gasteiger partial charge in [0.05, 0.1) is 11.1 Å². The lowest BCUT2D eigenvalue weighted by Crippen LogP contribution is -2.30. The Morgan fingerprint density at radius 2 is 1.58 bits per heavy atom. The summed E-state index contributed by atoms with van der Waals surface area (Å²) in [6.07, 6.45) is 0. The number of hydrogen-bond acceptors (Lipinski definition) is 6. The predicted molar refractivity (Wildman–Crippen MR) is 124 cm³/mol. The quantitative estimate of drug-likeness (QED) is 0.410. The van der Waals surface area contributed by atoms with E-state index < -0.39 is 11.9 Å². The number of aromatic nitrogens is 3. The Morgan fingerprint density at radius 1 is 0.909 bits per heavy atom. The molecule has 1 amide bonds. The second-order valence-electron chi connectivity index (χ2n) is 7.56. The molecule has 1 unspecified atom stereocenters. The summed E-state index contributed by atoms with van der Waals surface area (Å²) in [5.74, 6) is 0.0517. The van der Waals surface area contributed by atoms with Gasteiger partial charge in [-0.15, -0.1) is 0 Å². The molecule has 3 aromatic carbocycles. The van der Waals surface area contributed by atoms with Crippen LogP contribution in [0.25, 0.3) is 22.2 Å². The summed E-state index contributed by atoms with van der Waals surface area (Å²) in [4.78, 5) is 22.6. The van der Waals surface area contributed by atoms with E-state index in [2.05, 4.69) is 20.4 Å². The number of carbonyl (C=O) groups is 1. The Bertz CT molecular complexity index is 1430. The highest BCUT2D eigenvalue weighted by molar-refractivity contribution is 6.10. The van der Waals surface area contributed by atoms with Crippen molar-refractivity contribution in [2.45, 2.75) is 13.0 Å². The lowest BCUT2D eigenvalue weighted by atomic mass is 10.0. The minimum Gasteiger partial charge on any atom is -0.505 e. The topological polar surface area (TPSA) is 101 Å². The van der Waals surface area contributed by atoms with Crippen LogP contribution in [-0.4, -0.2) is 26.1 Å². The first kappa shape index (κ1) is 20.4. The molecule has 0 aliphatic rings. The van der Waals surface area contributed by atoms with Crippen molar-refractivity contribution < 1.29 is 14.4 Å². The molecule has 0 aliphatic heterocycles. The fourth-order valence-electron chi connectivity index (χ4n) is 3.80. The van der Waals surface area contributed by atoms with E-state index in [1.807, 2.05) is 72.8 Å². The summed E-state index contributed by atoms with van der Waals surface area (Å²) in [5.41, 5.74) is 2.56. The van der Waals surface area contributed by atoms with Gasteiger partial charge in [-0.2, -0.15) is 4.98 Å². The smallest absolute Gasteiger partial charge is 0.256 e. The third-order valence-corrected chi connectivity index (χ3v) is 5.34. The second-order valence-corrected chi connectivity index (χ2v) is 7.56. The Labute approximate surface area is 189 Å². The molecule has 0 radical (unpaired) electrons. The van der Waals surface area contributed by atoms with Gasteiger partial charge in [-0.05, 0) is 18.6 Å². The van der Waals surface area contributed by atoms with Crippen LogP contribution in [0.2, 0.25) is 0 Å². The molecule has 0 aliphatic carbocycles. The number of carbonyl (C=O) groups excluding carboxylic acids is 1. The summed E-state index contributed by atoms with van der Waals surface area (Å²) in [5, 5.41) is 18.6. The average Bonchev–Trinajstić information content (AvgIpc) is 3.29. The van der Waals surface area contributed by atoms with Gasteiger partial charge in [0.15, 0.2) is 11.6 Å². The van der Waals surface area contributed by atoms with Crippen LogP contribution in [0.1, 0.15) is 33.7 Å². The van der Waals surface area contributed by atoms with Gasteiger partial charge in [0.25, 0.3) is 11.8 Å². The molecular weight excluding hydrogens is 416 g/mol. The standard InChI is InChI=1S/C26H20N4O3/c1-16-27-26(33-30-16)23(18-12-6-3-7-13-18)29-25(32)21-19-14-8-9-15-20(19)28-22(24(21)31)17-10-4-2-5-11-17/h2-15,23,31H,1H3,(H,29,32). The largest absolute Gasteiger partial charge is 0.505 e. The lowest BCUT2D eigenvalue weighted by Gasteiger charge is -2.18. The van der Waals surface area contributed by atoms with Crippen LogP contribution in [0.5, 0.6) is 5.75 Å². The monoisotopic (exact) mass is 436 g/mol. The van der Waals surface area contributed by atoms with E-state index in [1.54, 1.807) is 19.1 Å². The summed E-state index contributed by atoms with van der Waals surface area (Å²) in [7, 11) is 0. The van der Waals surface area contributed by atoms with Gasteiger partial charge >= 0.3 is 0 Å². The van der Waals surface area contributed by atoms with Gasteiger partial charge in [0, 0.05) is 10.9 Å². The number of para-hydroxylation sites is 1. The normalized spacial score (nSPS) is 11.9. The van der Waals surface area contributed by atoms with Gasteiger partial charge in [0.2, 0.25) is 0 Å². The first-order chi connectivity index (χ1) is 16.1. The van der Waals surface area contributed by atoms with E-state index in [4.69, 9.17) is 4.52 Å². The SMILES string of the molecule is Cc1noc(C(NC(=O)c2c(O)c(-c3ccccc3)nc3ccccc23)c2ccccc2)n1. The molecule has 0 spiro atoms. The van der Waals surface area contributed by atoms with Crippen LogP contribution in [0.15, 0.2) is 89.5 Å². The van der Waals surface area contributed by atoms with Crippen molar-refractivity contribution >= 4 is 16.8 Å². The molecule has 2 aromatic heterocycles. The zero-order valence-corrected chi connectivity index (χ0v) is 17.8. The van der Waals surface area contributed by atoms with E-state index >= 15 is 0 Å². The number of rotatable bonds is 5. The zero-order chi connectivity index (χ0) is 22.8. The zero-order valence-electron chi connectivity index (χ0n) is 17.8. The first-order valence-electron chi connectivity index (χ1n) is 10.4. The van der Waals surface area contributed by atoms with Crippen LogP contribution in [-0.2, 0) is 0 Å². The molecule has 7 heteroatoms. The number of amides is 1. The predicted octanol–water partition coefficient (Wildman–Crippen LogP) is 4.82. The molecule has 0 bridgehead atoms. The molecule has 0 saturated heterocycles. The number of hydrogen-bond donors (Lipinski definition) is 2. The number of aromatic hydroxyl groups is 1. The van der Waals surface area contributed by atoms with Crippen molar-refractivity contribution in [3.63, 3.8) is 0 Å². The van der Waals surface area contributed by atoms with Crippen molar-refractivity contribution in [1.82, 2.24) is 20.4 Å². The van der Waals surface area contributed by atoms with Crippen molar-refractivity contribution in [3.05, 3.63) is 108 Å². The summed E-state index contributed by atoms with van der Waals surface area (Å²) in [6, 6.07) is 25.2. The number of nitrogens with zero attached hydrogens (tertiary/aromatic N) is 3. The van der Waals surface area contributed by atoms with Gasteiger partial charge in [-0.1, -0.05) is 84.0 Å². The van der Waals surface area contributed by atoms with Crippen LogP contribution in [0.3, 0.4) is 0 Å². The third-order valence-electron chi connectivity index (χ3n) is 5.34. The molecule has 162 valence electrons. The maximum Gasteiger partial charge on any atom is 0.256 e. The molecule has 5 aromatic rings. The van der Waals surface area contributed by atoms with Crippen molar-refractivity contribution in [2.24, 2.45) is 0 Å². The highest BCUT2D eigenvalue weighted by atomic mass is 16.5. The Hall–Kier alpha value is -4.52. The minimum atomic E-state index is -0.689. The fourth-order valence-corrected chi connectivity index (χ4v) is 3.80. The summed E-state index contributed by atoms with van der Waals surface area (Å²) >= 11 is 0. The maximum atomic E-state index is 13.6. The van der Waals surface area contributed by atoms with E-state index in [0.717, 1.165) is 5.56 Å². The second kappa shape index (κ2) is 8.55. The van der Waals surface area contributed by atoms with E-state index in [-0.39, 0.29) is 17.2 Å². The molecule has 7 nitrogen and oxygen atoms in total. The molecular formula is C26H20N4O3. The molecule has 5 rings (SSSR count). The van der Waals surface area contributed by atoms with Crippen molar-refractivity contribution in [2.75, 3.05) is 0 Å². The lowest BCUT2D eigenvalue weighted by molar-refractivity contribution is 0.0935. The Morgan fingerprint density at radius 3 is 2.27 bits per heavy atom. The number of fused-ring (bicyclic) bond motifs is 1. The van der Waals surface area contributed by atoms with Crippen LogP contribution >= 0.6 is 0 Å². The molecule has 2 heterocycles.